The Morgan fingerprint density at radius 1 is 1.21 bits per heavy atom. The first-order valence-corrected chi connectivity index (χ1v) is 7.31. The zero-order valence-electron chi connectivity index (χ0n) is 10.8. The van der Waals surface area contributed by atoms with Gasteiger partial charge in [-0.15, -0.1) is 11.8 Å². The van der Waals surface area contributed by atoms with E-state index in [1.807, 2.05) is 12.1 Å². The minimum atomic E-state index is 0.0959. The normalized spacial score (nSPS) is 13.2. The molecule has 96 valence electrons. The highest BCUT2D eigenvalue weighted by Gasteiger charge is 2.20. The number of benzene rings is 2. The van der Waals surface area contributed by atoms with Crippen LogP contribution in [0, 0.1) is 6.92 Å². The van der Waals surface area contributed by atoms with Gasteiger partial charge in [0.05, 0.1) is 6.42 Å². The molecule has 1 aliphatic heterocycles. The highest BCUT2D eigenvalue weighted by atomic mass is 32.2. The molecule has 0 atom stereocenters. The summed E-state index contributed by atoms with van der Waals surface area (Å²) in [5, 5.41) is 2.89. The summed E-state index contributed by atoms with van der Waals surface area (Å²) in [6.45, 7) is 2.11. The van der Waals surface area contributed by atoms with Gasteiger partial charge in [0.1, 0.15) is 0 Å². The van der Waals surface area contributed by atoms with Gasteiger partial charge in [-0.2, -0.15) is 0 Å². The highest BCUT2D eigenvalue weighted by Crippen LogP contribution is 2.34. The number of anilines is 1. The first kappa shape index (κ1) is 12.3. The Balaban J connectivity index is 1.78. The molecule has 0 unspecified atom stereocenters. The van der Waals surface area contributed by atoms with E-state index in [1.54, 1.807) is 11.8 Å². The minimum absolute atomic E-state index is 0.0959. The third-order valence-corrected chi connectivity index (χ3v) is 4.39. The number of nitrogens with one attached hydrogen (secondary N) is 1. The number of carbonyl (C=O) groups excluding carboxylic acids is 1. The molecule has 0 saturated carbocycles. The summed E-state index contributed by atoms with van der Waals surface area (Å²) < 4.78 is 0. The summed E-state index contributed by atoms with van der Waals surface area (Å²) >= 11 is 1.80. The molecule has 19 heavy (non-hydrogen) atoms. The second-order valence-electron chi connectivity index (χ2n) is 4.78. The van der Waals surface area contributed by atoms with Gasteiger partial charge < -0.3 is 5.32 Å². The van der Waals surface area contributed by atoms with Gasteiger partial charge in [-0.05, 0) is 30.2 Å². The molecular weight excluding hydrogens is 254 g/mol. The molecule has 0 aromatic heterocycles. The molecular formula is C16H15NOS. The highest BCUT2D eigenvalue weighted by molar-refractivity contribution is 7.98. The van der Waals surface area contributed by atoms with E-state index in [-0.39, 0.29) is 5.91 Å². The number of hydrogen-bond donors (Lipinski definition) is 1. The molecule has 0 fully saturated rings. The third-order valence-electron chi connectivity index (χ3n) is 3.22. The van der Waals surface area contributed by atoms with Crippen LogP contribution in [-0.4, -0.2) is 5.91 Å². The van der Waals surface area contributed by atoms with Gasteiger partial charge >= 0.3 is 0 Å². The van der Waals surface area contributed by atoms with E-state index in [2.05, 4.69) is 42.6 Å². The second-order valence-corrected chi connectivity index (χ2v) is 5.80. The van der Waals surface area contributed by atoms with Crippen molar-refractivity contribution in [1.82, 2.24) is 0 Å². The van der Waals surface area contributed by atoms with E-state index in [4.69, 9.17) is 0 Å². The van der Waals surface area contributed by atoms with Crippen LogP contribution in [0.5, 0.6) is 0 Å². The van der Waals surface area contributed by atoms with Crippen LogP contribution in [0.25, 0.3) is 0 Å². The summed E-state index contributed by atoms with van der Waals surface area (Å²) in [5.74, 6) is 1.03. The molecule has 2 nitrogen and oxygen atoms in total. The van der Waals surface area contributed by atoms with Gasteiger partial charge in [-0.25, -0.2) is 0 Å². The Morgan fingerprint density at radius 2 is 2.05 bits per heavy atom. The molecule has 1 N–H and O–H groups in total. The van der Waals surface area contributed by atoms with Crippen LogP contribution < -0.4 is 5.32 Å². The summed E-state index contributed by atoms with van der Waals surface area (Å²) in [5.41, 5.74) is 4.72. The van der Waals surface area contributed by atoms with E-state index < -0.39 is 0 Å². The number of rotatable bonds is 3. The minimum Gasteiger partial charge on any atom is -0.325 e. The fraction of sp³-hybridized carbons (Fsp3) is 0.188. The van der Waals surface area contributed by atoms with Crippen LogP contribution in [0.1, 0.15) is 16.7 Å². The molecule has 0 saturated heterocycles. The van der Waals surface area contributed by atoms with E-state index in [9.17, 15) is 4.79 Å². The van der Waals surface area contributed by atoms with Gasteiger partial charge in [0.2, 0.25) is 5.91 Å². The third kappa shape index (κ3) is 2.66. The van der Waals surface area contributed by atoms with E-state index in [0.29, 0.717) is 6.42 Å². The molecule has 1 heterocycles. The molecule has 0 bridgehead atoms. The lowest BCUT2D eigenvalue weighted by molar-refractivity contribution is -0.115. The van der Waals surface area contributed by atoms with Crippen molar-refractivity contribution in [2.45, 2.75) is 24.0 Å². The number of thioether (sulfide) groups is 1. The number of aryl methyl sites for hydroxylation is 1. The predicted octanol–water partition coefficient (Wildman–Crippen LogP) is 3.78. The zero-order valence-corrected chi connectivity index (χ0v) is 11.6. The SMILES string of the molecule is Cc1cccc(CSc2cccc3c2CC(=O)N3)c1. The lowest BCUT2D eigenvalue weighted by Crippen LogP contribution is -2.03. The Hall–Kier alpha value is -1.74. The smallest absolute Gasteiger partial charge is 0.228 e. The van der Waals surface area contributed by atoms with E-state index in [0.717, 1.165) is 17.0 Å². The molecule has 1 amide bonds. The van der Waals surface area contributed by atoms with Crippen LogP contribution in [0.15, 0.2) is 47.4 Å². The van der Waals surface area contributed by atoms with Gasteiger partial charge in [-0.1, -0.05) is 35.9 Å². The summed E-state index contributed by atoms with van der Waals surface area (Å²) in [4.78, 5) is 12.7. The van der Waals surface area contributed by atoms with Gasteiger partial charge in [0.15, 0.2) is 0 Å². The lowest BCUT2D eigenvalue weighted by atomic mass is 10.2. The fourth-order valence-corrected chi connectivity index (χ4v) is 3.35. The quantitative estimate of drug-likeness (QED) is 0.859. The summed E-state index contributed by atoms with van der Waals surface area (Å²) in [6, 6.07) is 14.6. The topological polar surface area (TPSA) is 29.1 Å². The van der Waals surface area contributed by atoms with Crippen LogP contribution in [0.2, 0.25) is 0 Å². The van der Waals surface area contributed by atoms with Gasteiger partial charge in [-0.3, -0.25) is 4.79 Å². The Morgan fingerprint density at radius 3 is 2.89 bits per heavy atom. The van der Waals surface area contributed by atoms with Crippen LogP contribution in [-0.2, 0) is 17.0 Å². The predicted molar refractivity (Wildman–Crippen MR) is 79.5 cm³/mol. The Labute approximate surface area is 117 Å². The number of amides is 1. The number of carbonyl (C=O) groups is 1. The molecule has 0 spiro atoms. The maximum absolute atomic E-state index is 11.5. The first-order valence-electron chi connectivity index (χ1n) is 6.32. The molecule has 2 aromatic rings. The van der Waals surface area contributed by atoms with Crippen molar-refractivity contribution in [1.29, 1.82) is 0 Å². The largest absolute Gasteiger partial charge is 0.325 e. The van der Waals surface area contributed by atoms with Crippen LogP contribution >= 0.6 is 11.8 Å². The molecule has 2 aromatic carbocycles. The first-order chi connectivity index (χ1) is 9.22. The average Bonchev–Trinajstić information content (AvgIpc) is 2.77. The molecule has 0 radical (unpaired) electrons. The second kappa shape index (κ2) is 5.10. The van der Waals surface area contributed by atoms with Gasteiger partial charge in [0, 0.05) is 16.3 Å². The Kier molecular flexibility index (Phi) is 3.30. The molecule has 3 heteroatoms. The summed E-state index contributed by atoms with van der Waals surface area (Å²) in [6.07, 6.45) is 0.506. The van der Waals surface area contributed by atoms with E-state index >= 15 is 0 Å². The lowest BCUT2D eigenvalue weighted by Gasteiger charge is -2.07. The molecule has 3 rings (SSSR count). The van der Waals surface area contributed by atoms with E-state index in [1.165, 1.54) is 16.0 Å². The number of fused-ring (bicyclic) bond motifs is 1. The van der Waals surface area contributed by atoms with Crippen molar-refractivity contribution in [2.75, 3.05) is 5.32 Å². The molecule has 0 aliphatic carbocycles. The maximum Gasteiger partial charge on any atom is 0.228 e. The summed E-state index contributed by atoms with van der Waals surface area (Å²) in [7, 11) is 0. The molecule has 1 aliphatic rings. The zero-order chi connectivity index (χ0) is 13.2. The fourth-order valence-electron chi connectivity index (χ4n) is 2.32. The maximum atomic E-state index is 11.5. The van der Waals surface area contributed by atoms with Crippen molar-refractivity contribution >= 4 is 23.4 Å². The average molecular weight is 269 g/mol. The monoisotopic (exact) mass is 269 g/mol. The van der Waals surface area contributed by atoms with Crippen LogP contribution in [0.3, 0.4) is 0 Å². The number of hydrogen-bond acceptors (Lipinski definition) is 2. The van der Waals surface area contributed by atoms with Crippen molar-refractivity contribution in [3.05, 3.63) is 59.2 Å². The van der Waals surface area contributed by atoms with Crippen LogP contribution in [0.4, 0.5) is 5.69 Å². The van der Waals surface area contributed by atoms with Crippen molar-refractivity contribution in [2.24, 2.45) is 0 Å². The Bertz CT molecular complexity index is 636. The van der Waals surface area contributed by atoms with Crippen molar-refractivity contribution in [3.63, 3.8) is 0 Å². The van der Waals surface area contributed by atoms with Crippen molar-refractivity contribution in [3.8, 4) is 0 Å². The van der Waals surface area contributed by atoms with Crippen molar-refractivity contribution < 1.29 is 4.79 Å². The van der Waals surface area contributed by atoms with Gasteiger partial charge in [0.25, 0.3) is 0 Å². The standard InChI is InChI=1S/C16H15NOS/c1-11-4-2-5-12(8-11)10-19-15-7-3-6-14-13(15)9-16(18)17-14/h2-8H,9-10H2,1H3,(H,17,18).